The molecule has 1 aliphatic rings. The number of nitrogens with zero attached hydrogens (tertiary/aromatic N) is 1. The van der Waals surface area contributed by atoms with Gasteiger partial charge in [0.1, 0.15) is 11.9 Å². The van der Waals surface area contributed by atoms with Crippen LogP contribution in [-0.4, -0.2) is 25.3 Å². The van der Waals surface area contributed by atoms with Gasteiger partial charge in [-0.25, -0.2) is 4.79 Å². The van der Waals surface area contributed by atoms with Crippen molar-refractivity contribution in [3.8, 4) is 5.75 Å². The molecule has 22 heavy (non-hydrogen) atoms. The number of benzene rings is 1. The Morgan fingerprint density at radius 2 is 2.18 bits per heavy atom. The normalized spacial score (nSPS) is 17.1. The summed E-state index contributed by atoms with van der Waals surface area (Å²) in [5.74, 6) is 1.18. The molecule has 0 N–H and O–H groups in total. The monoisotopic (exact) mass is 305 g/mol. The van der Waals surface area contributed by atoms with E-state index in [0.717, 1.165) is 30.7 Å². The minimum atomic E-state index is -0.273. The summed E-state index contributed by atoms with van der Waals surface area (Å²) in [5.41, 5.74) is 2.00. The molecule has 0 spiro atoms. The number of carbonyl (C=O) groups is 1. The highest BCUT2D eigenvalue weighted by molar-refractivity contribution is 5.90. The van der Waals surface area contributed by atoms with Gasteiger partial charge in [-0.3, -0.25) is 4.90 Å². The summed E-state index contributed by atoms with van der Waals surface area (Å²) in [5, 5.41) is 0. The second-order valence-corrected chi connectivity index (χ2v) is 6.24. The molecule has 4 nitrogen and oxygen atoms in total. The first kappa shape index (κ1) is 16.7. The molecule has 0 radical (unpaired) electrons. The maximum absolute atomic E-state index is 12.4. The number of amides is 1. The molecule has 1 aromatic carbocycles. The summed E-state index contributed by atoms with van der Waals surface area (Å²) in [6.45, 7) is 9.29. The van der Waals surface area contributed by atoms with E-state index in [4.69, 9.17) is 9.47 Å². The van der Waals surface area contributed by atoms with Gasteiger partial charge in [0, 0.05) is 0 Å². The Morgan fingerprint density at radius 3 is 2.82 bits per heavy atom. The first-order chi connectivity index (χ1) is 10.6. The molecule has 0 bridgehead atoms. The SMILES string of the molecule is CCCc1cccc2c1OC(CC)CN2C(=O)OCC(C)C. The third kappa shape index (κ3) is 3.73. The van der Waals surface area contributed by atoms with Gasteiger partial charge in [-0.15, -0.1) is 0 Å². The Kier molecular flexibility index (Phi) is 5.69. The lowest BCUT2D eigenvalue weighted by molar-refractivity contribution is 0.129. The van der Waals surface area contributed by atoms with Crippen molar-refractivity contribution < 1.29 is 14.3 Å². The number of carbonyl (C=O) groups excluding carboxylic acids is 1. The largest absolute Gasteiger partial charge is 0.486 e. The summed E-state index contributed by atoms with van der Waals surface area (Å²) in [6, 6.07) is 6.01. The van der Waals surface area contributed by atoms with Crippen molar-refractivity contribution in [2.24, 2.45) is 5.92 Å². The molecule has 122 valence electrons. The number of aryl methyl sites for hydroxylation is 1. The number of hydrogen-bond acceptors (Lipinski definition) is 3. The fraction of sp³-hybridized carbons (Fsp3) is 0.611. The summed E-state index contributed by atoms with van der Waals surface area (Å²) < 4.78 is 11.5. The van der Waals surface area contributed by atoms with E-state index < -0.39 is 0 Å². The standard InChI is InChI=1S/C18H27NO3/c1-5-8-14-9-7-10-16-17(14)22-15(6-2)11-19(16)18(20)21-12-13(3)4/h7,9-10,13,15H,5-6,8,11-12H2,1-4H3. The van der Waals surface area contributed by atoms with Crippen molar-refractivity contribution in [3.05, 3.63) is 23.8 Å². The van der Waals surface area contributed by atoms with E-state index in [9.17, 15) is 4.79 Å². The van der Waals surface area contributed by atoms with Crippen molar-refractivity contribution in [2.45, 2.75) is 53.1 Å². The van der Waals surface area contributed by atoms with Gasteiger partial charge in [-0.1, -0.05) is 46.2 Å². The van der Waals surface area contributed by atoms with E-state index in [0.29, 0.717) is 19.1 Å². The highest BCUT2D eigenvalue weighted by Gasteiger charge is 2.31. The average Bonchev–Trinajstić information content (AvgIpc) is 2.52. The van der Waals surface area contributed by atoms with Crippen LogP contribution in [0.3, 0.4) is 0 Å². The predicted molar refractivity (Wildman–Crippen MR) is 88.7 cm³/mol. The highest BCUT2D eigenvalue weighted by atomic mass is 16.6. The molecule has 0 saturated carbocycles. The summed E-state index contributed by atoms with van der Waals surface area (Å²) in [7, 11) is 0. The molecule has 0 aliphatic carbocycles. The van der Waals surface area contributed by atoms with Crippen molar-refractivity contribution >= 4 is 11.8 Å². The first-order valence-corrected chi connectivity index (χ1v) is 8.29. The van der Waals surface area contributed by atoms with Gasteiger partial charge in [0.05, 0.1) is 18.8 Å². The number of rotatable bonds is 5. The fourth-order valence-corrected chi connectivity index (χ4v) is 2.59. The summed E-state index contributed by atoms with van der Waals surface area (Å²) in [6.07, 6.45) is 2.62. The van der Waals surface area contributed by atoms with E-state index in [1.54, 1.807) is 4.90 Å². The third-order valence-corrected chi connectivity index (χ3v) is 3.77. The van der Waals surface area contributed by atoms with Crippen LogP contribution in [0.4, 0.5) is 10.5 Å². The van der Waals surface area contributed by atoms with Gasteiger partial charge >= 0.3 is 6.09 Å². The number of ether oxygens (including phenoxy) is 2. The predicted octanol–water partition coefficient (Wildman–Crippen LogP) is 4.41. The second kappa shape index (κ2) is 7.52. The molecular weight excluding hydrogens is 278 g/mol. The number of anilines is 1. The van der Waals surface area contributed by atoms with Crippen LogP contribution in [0.15, 0.2) is 18.2 Å². The molecule has 1 atom stereocenters. The van der Waals surface area contributed by atoms with Crippen LogP contribution in [0.5, 0.6) is 5.75 Å². The van der Waals surface area contributed by atoms with Crippen LogP contribution in [0.1, 0.15) is 46.1 Å². The maximum Gasteiger partial charge on any atom is 0.414 e. The number of hydrogen-bond donors (Lipinski definition) is 0. The van der Waals surface area contributed by atoms with Crippen LogP contribution in [0.2, 0.25) is 0 Å². The Balaban J connectivity index is 2.28. The van der Waals surface area contributed by atoms with Crippen molar-refractivity contribution in [2.75, 3.05) is 18.1 Å². The van der Waals surface area contributed by atoms with Crippen molar-refractivity contribution in [1.29, 1.82) is 0 Å². The molecule has 2 rings (SSSR count). The zero-order chi connectivity index (χ0) is 16.1. The van der Waals surface area contributed by atoms with Gasteiger partial charge in [0.25, 0.3) is 0 Å². The van der Waals surface area contributed by atoms with E-state index in [1.165, 1.54) is 5.56 Å². The van der Waals surface area contributed by atoms with Crippen LogP contribution >= 0.6 is 0 Å². The van der Waals surface area contributed by atoms with Crippen molar-refractivity contribution in [3.63, 3.8) is 0 Å². The van der Waals surface area contributed by atoms with E-state index in [2.05, 4.69) is 19.9 Å². The molecule has 1 aliphatic heterocycles. The number of fused-ring (bicyclic) bond motifs is 1. The quantitative estimate of drug-likeness (QED) is 0.809. The molecule has 1 heterocycles. The Morgan fingerprint density at radius 1 is 1.41 bits per heavy atom. The minimum Gasteiger partial charge on any atom is -0.486 e. The Hall–Kier alpha value is -1.71. The van der Waals surface area contributed by atoms with Gasteiger partial charge in [0.2, 0.25) is 0 Å². The van der Waals surface area contributed by atoms with Gasteiger partial charge in [-0.05, 0) is 30.4 Å². The van der Waals surface area contributed by atoms with Crippen LogP contribution in [-0.2, 0) is 11.2 Å². The minimum absolute atomic E-state index is 0.0251. The maximum atomic E-state index is 12.4. The van der Waals surface area contributed by atoms with Crippen LogP contribution in [0.25, 0.3) is 0 Å². The van der Waals surface area contributed by atoms with Gasteiger partial charge < -0.3 is 9.47 Å². The smallest absolute Gasteiger partial charge is 0.414 e. The average molecular weight is 305 g/mol. The van der Waals surface area contributed by atoms with Crippen LogP contribution < -0.4 is 9.64 Å². The lowest BCUT2D eigenvalue weighted by Crippen LogP contribution is -2.44. The molecule has 0 fully saturated rings. The van der Waals surface area contributed by atoms with E-state index in [1.807, 2.05) is 26.0 Å². The molecular formula is C18H27NO3. The topological polar surface area (TPSA) is 38.8 Å². The lowest BCUT2D eigenvalue weighted by Gasteiger charge is -2.35. The zero-order valence-electron chi connectivity index (χ0n) is 14.1. The highest BCUT2D eigenvalue weighted by Crippen LogP contribution is 2.38. The molecule has 1 unspecified atom stereocenters. The fourth-order valence-electron chi connectivity index (χ4n) is 2.59. The number of para-hydroxylation sites is 1. The Bertz CT molecular complexity index is 513. The summed E-state index contributed by atoms with van der Waals surface area (Å²) in [4.78, 5) is 14.2. The molecule has 1 aromatic rings. The van der Waals surface area contributed by atoms with Crippen LogP contribution in [0, 0.1) is 5.92 Å². The molecule has 0 saturated heterocycles. The van der Waals surface area contributed by atoms with Crippen molar-refractivity contribution in [1.82, 2.24) is 0 Å². The second-order valence-electron chi connectivity index (χ2n) is 6.24. The van der Waals surface area contributed by atoms with Gasteiger partial charge in [0.15, 0.2) is 0 Å². The molecule has 4 heteroatoms. The van der Waals surface area contributed by atoms with E-state index in [-0.39, 0.29) is 12.2 Å². The lowest BCUT2D eigenvalue weighted by atomic mass is 10.0. The zero-order valence-corrected chi connectivity index (χ0v) is 14.1. The Labute approximate surface area is 133 Å². The van der Waals surface area contributed by atoms with Gasteiger partial charge in [-0.2, -0.15) is 0 Å². The molecule has 0 aromatic heterocycles. The molecule has 1 amide bonds. The third-order valence-electron chi connectivity index (χ3n) is 3.77. The van der Waals surface area contributed by atoms with E-state index >= 15 is 0 Å². The first-order valence-electron chi connectivity index (χ1n) is 8.29. The summed E-state index contributed by atoms with van der Waals surface area (Å²) >= 11 is 0.